The molecule has 0 bridgehead atoms. The first kappa shape index (κ1) is 11.7. The minimum atomic E-state index is 0.931. The maximum absolute atomic E-state index is 3.20. The third-order valence-corrected chi connectivity index (χ3v) is 3.25. The van der Waals surface area contributed by atoms with Crippen LogP contribution in [0.25, 0.3) is 0 Å². The van der Waals surface area contributed by atoms with Crippen molar-refractivity contribution in [3.63, 3.8) is 0 Å². The highest BCUT2D eigenvalue weighted by Crippen LogP contribution is 2.22. The zero-order valence-electron chi connectivity index (χ0n) is 9.07. The summed E-state index contributed by atoms with van der Waals surface area (Å²) in [4.78, 5) is 2.18. The van der Waals surface area contributed by atoms with Crippen molar-refractivity contribution in [1.82, 2.24) is 13.9 Å². The Morgan fingerprint density at radius 1 is 1.57 bits per heavy atom. The van der Waals surface area contributed by atoms with Crippen molar-refractivity contribution in [2.24, 2.45) is 0 Å². The summed E-state index contributed by atoms with van der Waals surface area (Å²) in [7, 11) is 0. The Bertz CT molecular complexity index is 250. The van der Waals surface area contributed by atoms with E-state index >= 15 is 0 Å². The lowest BCUT2D eigenvalue weighted by Crippen LogP contribution is -2.18. The van der Waals surface area contributed by atoms with Crippen molar-refractivity contribution in [2.75, 3.05) is 19.2 Å². The van der Waals surface area contributed by atoms with Gasteiger partial charge in [-0.15, -0.1) is 0 Å². The SMILES string of the molecule is CSN/C(C)=C\N1C=C(C)N(SC)C1. The highest BCUT2D eigenvalue weighted by molar-refractivity contribution is 7.96. The number of allylic oxidation sites excluding steroid dienone is 2. The van der Waals surface area contributed by atoms with Crippen molar-refractivity contribution in [1.29, 1.82) is 0 Å². The van der Waals surface area contributed by atoms with Gasteiger partial charge in [0.2, 0.25) is 0 Å². The van der Waals surface area contributed by atoms with Crippen LogP contribution in [0, 0.1) is 0 Å². The first-order chi connectivity index (χ1) is 6.67. The summed E-state index contributed by atoms with van der Waals surface area (Å²) in [5.41, 5.74) is 2.47. The van der Waals surface area contributed by atoms with E-state index in [4.69, 9.17) is 0 Å². The molecule has 14 heavy (non-hydrogen) atoms. The molecule has 0 aromatic heterocycles. The lowest BCUT2D eigenvalue weighted by molar-refractivity contribution is 0.435. The molecule has 1 aliphatic heterocycles. The lowest BCUT2D eigenvalue weighted by atomic mass is 10.5. The van der Waals surface area contributed by atoms with Crippen LogP contribution < -0.4 is 4.72 Å². The average Bonchev–Trinajstić information content (AvgIpc) is 2.46. The van der Waals surface area contributed by atoms with Crippen molar-refractivity contribution < 1.29 is 0 Å². The topological polar surface area (TPSA) is 18.5 Å². The third-order valence-electron chi connectivity index (χ3n) is 1.88. The second-order valence-corrected chi connectivity index (χ2v) is 4.52. The van der Waals surface area contributed by atoms with Crippen LogP contribution in [0.3, 0.4) is 0 Å². The van der Waals surface area contributed by atoms with Crippen LogP contribution in [0.1, 0.15) is 13.8 Å². The Kier molecular flexibility index (Phi) is 4.54. The van der Waals surface area contributed by atoms with Gasteiger partial charge >= 0.3 is 0 Å². The molecule has 80 valence electrons. The molecule has 0 aliphatic carbocycles. The maximum atomic E-state index is 3.20. The quantitative estimate of drug-likeness (QED) is 0.747. The summed E-state index contributed by atoms with van der Waals surface area (Å²) < 4.78 is 5.45. The summed E-state index contributed by atoms with van der Waals surface area (Å²) in [6.07, 6.45) is 8.40. The molecule has 5 heteroatoms. The number of nitrogens with one attached hydrogen (secondary N) is 1. The zero-order valence-corrected chi connectivity index (χ0v) is 10.7. The summed E-state index contributed by atoms with van der Waals surface area (Å²) in [5, 5.41) is 0. The van der Waals surface area contributed by atoms with E-state index in [1.54, 1.807) is 23.9 Å². The first-order valence-electron chi connectivity index (χ1n) is 4.40. The molecule has 0 saturated heterocycles. The molecule has 0 unspecified atom stereocenters. The molecule has 0 spiro atoms. The van der Waals surface area contributed by atoms with Gasteiger partial charge in [0.1, 0.15) is 6.67 Å². The van der Waals surface area contributed by atoms with Gasteiger partial charge in [0.25, 0.3) is 0 Å². The number of hydrogen-bond acceptors (Lipinski definition) is 5. The van der Waals surface area contributed by atoms with Crippen LogP contribution >= 0.6 is 23.9 Å². The Morgan fingerprint density at radius 2 is 2.29 bits per heavy atom. The van der Waals surface area contributed by atoms with Gasteiger partial charge in [0.15, 0.2) is 0 Å². The molecule has 1 rings (SSSR count). The number of nitrogens with zero attached hydrogens (tertiary/aromatic N) is 2. The second-order valence-electron chi connectivity index (χ2n) is 3.11. The van der Waals surface area contributed by atoms with Gasteiger partial charge in [-0.05, 0) is 13.8 Å². The maximum Gasteiger partial charge on any atom is 0.104 e. The van der Waals surface area contributed by atoms with Gasteiger partial charge in [0, 0.05) is 36.3 Å². The van der Waals surface area contributed by atoms with Gasteiger partial charge in [-0.1, -0.05) is 23.9 Å². The van der Waals surface area contributed by atoms with Gasteiger partial charge in [-0.25, -0.2) is 0 Å². The highest BCUT2D eigenvalue weighted by atomic mass is 32.2. The molecule has 0 aromatic carbocycles. The average molecular weight is 231 g/mol. The fraction of sp³-hybridized carbons (Fsp3) is 0.556. The molecule has 0 atom stereocenters. The predicted octanol–water partition coefficient (Wildman–Crippen LogP) is 2.43. The Morgan fingerprint density at radius 3 is 2.79 bits per heavy atom. The fourth-order valence-corrected chi connectivity index (χ4v) is 2.28. The summed E-state index contributed by atoms with van der Waals surface area (Å²) in [6, 6.07) is 0. The minimum Gasteiger partial charge on any atom is -0.333 e. The molecule has 1 N–H and O–H groups in total. The molecule has 0 fully saturated rings. The number of hydrogen-bond donors (Lipinski definition) is 1. The largest absolute Gasteiger partial charge is 0.333 e. The smallest absolute Gasteiger partial charge is 0.104 e. The zero-order chi connectivity index (χ0) is 10.6. The van der Waals surface area contributed by atoms with E-state index in [1.165, 1.54) is 11.4 Å². The summed E-state index contributed by atoms with van der Waals surface area (Å²) in [6.45, 7) is 5.13. The Hall–Kier alpha value is -0.420. The lowest BCUT2D eigenvalue weighted by Gasteiger charge is -2.18. The van der Waals surface area contributed by atoms with Crippen LogP contribution in [0.2, 0.25) is 0 Å². The molecule has 0 amide bonds. The molecule has 3 nitrogen and oxygen atoms in total. The van der Waals surface area contributed by atoms with Crippen LogP contribution in [0.15, 0.2) is 23.8 Å². The van der Waals surface area contributed by atoms with Crippen LogP contribution in [0.4, 0.5) is 0 Å². The van der Waals surface area contributed by atoms with Crippen LogP contribution in [-0.4, -0.2) is 28.4 Å². The molecule has 1 heterocycles. The molecule has 1 aliphatic rings. The first-order valence-corrected chi connectivity index (χ1v) is 6.81. The fourth-order valence-electron chi connectivity index (χ4n) is 1.32. The monoisotopic (exact) mass is 231 g/mol. The van der Waals surface area contributed by atoms with E-state index in [1.807, 2.05) is 6.26 Å². The second kappa shape index (κ2) is 5.46. The van der Waals surface area contributed by atoms with E-state index in [0.29, 0.717) is 0 Å². The standard InChI is InChI=1S/C9H17N3S2/c1-8(10-13-3)5-11-6-9(2)12(7-11)14-4/h5-6,10H,7H2,1-4H3/b8-5-. The van der Waals surface area contributed by atoms with E-state index in [-0.39, 0.29) is 0 Å². The Balaban J connectivity index is 2.54. The molecule has 0 aromatic rings. The van der Waals surface area contributed by atoms with Crippen molar-refractivity contribution in [2.45, 2.75) is 13.8 Å². The predicted molar refractivity (Wildman–Crippen MR) is 66.2 cm³/mol. The molecular formula is C9H17N3S2. The summed E-state index contributed by atoms with van der Waals surface area (Å²) >= 11 is 3.37. The van der Waals surface area contributed by atoms with Crippen molar-refractivity contribution >= 4 is 23.9 Å². The van der Waals surface area contributed by atoms with Crippen molar-refractivity contribution in [3.05, 3.63) is 23.8 Å². The van der Waals surface area contributed by atoms with Crippen molar-refractivity contribution in [3.8, 4) is 0 Å². The minimum absolute atomic E-state index is 0.931. The molecular weight excluding hydrogens is 214 g/mol. The highest BCUT2D eigenvalue weighted by Gasteiger charge is 2.14. The van der Waals surface area contributed by atoms with E-state index in [9.17, 15) is 0 Å². The van der Waals surface area contributed by atoms with E-state index in [0.717, 1.165) is 6.67 Å². The number of rotatable bonds is 4. The van der Waals surface area contributed by atoms with Crippen LogP contribution in [0.5, 0.6) is 0 Å². The third kappa shape index (κ3) is 3.06. The van der Waals surface area contributed by atoms with Gasteiger partial charge in [-0.3, -0.25) is 4.31 Å². The van der Waals surface area contributed by atoms with Gasteiger partial charge in [0.05, 0.1) is 0 Å². The Labute approximate surface area is 94.9 Å². The molecule has 0 saturated carbocycles. The van der Waals surface area contributed by atoms with E-state index < -0.39 is 0 Å². The van der Waals surface area contributed by atoms with Gasteiger partial charge < -0.3 is 9.62 Å². The van der Waals surface area contributed by atoms with Crippen LogP contribution in [-0.2, 0) is 0 Å². The van der Waals surface area contributed by atoms with E-state index in [2.05, 4.69) is 46.4 Å². The summed E-state index contributed by atoms with van der Waals surface area (Å²) in [5.74, 6) is 0. The molecule has 0 radical (unpaired) electrons. The normalized spacial score (nSPS) is 17.4. The van der Waals surface area contributed by atoms with Gasteiger partial charge in [-0.2, -0.15) is 0 Å².